The lowest BCUT2D eigenvalue weighted by atomic mass is 9.44. The van der Waals surface area contributed by atoms with Gasteiger partial charge in [-0.15, -0.1) is 0 Å². The third-order valence-electron chi connectivity index (χ3n) is 12.8. The van der Waals surface area contributed by atoms with Gasteiger partial charge in [0, 0.05) is 12.5 Å². The molecule has 5 rings (SSSR count). The maximum absolute atomic E-state index is 13.0. The molecule has 0 aromatic heterocycles. The second-order valence-electron chi connectivity index (χ2n) is 16.1. The number of hydrogen-bond donors (Lipinski definition) is 0. The van der Waals surface area contributed by atoms with Crippen molar-refractivity contribution in [2.24, 2.45) is 52.3 Å². The highest BCUT2D eigenvalue weighted by molar-refractivity contribution is 5.89. The first-order chi connectivity index (χ1) is 20.3. The number of halogens is 2. The van der Waals surface area contributed by atoms with E-state index in [2.05, 4.69) is 46.5 Å². The Morgan fingerprint density at radius 1 is 0.953 bits per heavy atom. The van der Waals surface area contributed by atoms with Crippen molar-refractivity contribution in [2.45, 2.75) is 137 Å². The summed E-state index contributed by atoms with van der Waals surface area (Å²) in [4.78, 5) is 13.0. The zero-order valence-electron chi connectivity index (χ0n) is 27.7. The standard InChI is InChI=1S/C39H56F2O2/c1-26(2)9-7-10-27(3)33-18-19-34-32-17-16-30-25-31(20-23-37(30,4)35(32)21-24-38(33,34)5)43-36(42)29-14-12-28(13-15-29)11-8-22-39(6,40)41/h12-15,26-27,30-35H,7,9-10,16-25H2,1-6H3/t27-,30+,31+,32+,33-,34+,35+,37+,38-/m1/s1. The van der Waals surface area contributed by atoms with Gasteiger partial charge in [-0.25, -0.2) is 13.6 Å². The molecule has 238 valence electrons. The zero-order chi connectivity index (χ0) is 31.0. The minimum atomic E-state index is -2.80. The van der Waals surface area contributed by atoms with E-state index in [4.69, 9.17) is 4.74 Å². The van der Waals surface area contributed by atoms with Crippen molar-refractivity contribution in [2.75, 3.05) is 0 Å². The van der Waals surface area contributed by atoms with Crippen molar-refractivity contribution in [1.82, 2.24) is 0 Å². The van der Waals surface area contributed by atoms with Crippen LogP contribution in [-0.4, -0.2) is 18.0 Å². The quantitative estimate of drug-likeness (QED) is 0.221. The number of carbonyl (C=O) groups excluding carboxylic acids is 1. The Balaban J connectivity index is 1.17. The maximum atomic E-state index is 13.0. The lowest BCUT2D eigenvalue weighted by Crippen LogP contribution is -2.54. The molecule has 0 aliphatic heterocycles. The SMILES string of the molecule is CC(C)CCC[C@@H](C)[C@H]1CC[C@H]2[C@@H]3CC[C@H]4C[C@@H](OC(=O)c5ccc(C#CCC(C)(F)F)cc5)CC[C@]4(C)[C@H]3CC[C@]12C. The van der Waals surface area contributed by atoms with E-state index in [9.17, 15) is 13.6 Å². The van der Waals surface area contributed by atoms with Crippen LogP contribution < -0.4 is 0 Å². The Morgan fingerprint density at radius 3 is 2.35 bits per heavy atom. The number of alkyl halides is 2. The van der Waals surface area contributed by atoms with Crippen LogP contribution in [-0.2, 0) is 4.74 Å². The predicted octanol–water partition coefficient (Wildman–Crippen LogP) is 10.7. The summed E-state index contributed by atoms with van der Waals surface area (Å²) in [5.74, 6) is 7.97. The third kappa shape index (κ3) is 7.02. The van der Waals surface area contributed by atoms with E-state index < -0.39 is 12.3 Å². The summed E-state index contributed by atoms with van der Waals surface area (Å²) in [5.41, 5.74) is 2.02. The molecular formula is C39H56F2O2. The topological polar surface area (TPSA) is 26.3 Å². The summed E-state index contributed by atoms with van der Waals surface area (Å²) in [5, 5.41) is 0. The van der Waals surface area contributed by atoms with Gasteiger partial charge >= 0.3 is 5.97 Å². The first-order valence-corrected chi connectivity index (χ1v) is 17.5. The fraction of sp³-hybridized carbons (Fsp3) is 0.769. The molecule has 0 radical (unpaired) electrons. The van der Waals surface area contributed by atoms with Gasteiger partial charge in [-0.3, -0.25) is 0 Å². The minimum Gasteiger partial charge on any atom is -0.459 e. The minimum absolute atomic E-state index is 0.0233. The lowest BCUT2D eigenvalue weighted by Gasteiger charge is -2.61. The Bertz CT molecular complexity index is 1170. The lowest BCUT2D eigenvalue weighted by molar-refractivity contribution is -0.130. The van der Waals surface area contributed by atoms with Crippen LogP contribution in [0.15, 0.2) is 24.3 Å². The molecule has 0 amide bonds. The Kier molecular flexibility index (Phi) is 9.71. The van der Waals surface area contributed by atoms with Crippen LogP contribution >= 0.6 is 0 Å². The maximum Gasteiger partial charge on any atom is 0.338 e. The Labute approximate surface area is 260 Å². The van der Waals surface area contributed by atoms with Crippen LogP contribution in [0.4, 0.5) is 8.78 Å². The molecule has 0 bridgehead atoms. The molecule has 4 fully saturated rings. The van der Waals surface area contributed by atoms with Crippen LogP contribution in [0.1, 0.15) is 141 Å². The van der Waals surface area contributed by atoms with Crippen LogP contribution in [0.2, 0.25) is 0 Å². The molecule has 1 aromatic carbocycles. The van der Waals surface area contributed by atoms with Crippen LogP contribution in [0.3, 0.4) is 0 Å². The molecule has 0 N–H and O–H groups in total. The van der Waals surface area contributed by atoms with Gasteiger partial charge in [0.15, 0.2) is 0 Å². The monoisotopic (exact) mass is 594 g/mol. The van der Waals surface area contributed by atoms with Gasteiger partial charge in [-0.2, -0.15) is 0 Å². The number of hydrogen-bond acceptors (Lipinski definition) is 2. The summed E-state index contributed by atoms with van der Waals surface area (Å²) >= 11 is 0. The van der Waals surface area contributed by atoms with Gasteiger partial charge in [0.05, 0.1) is 12.0 Å². The molecule has 2 nitrogen and oxygen atoms in total. The summed E-state index contributed by atoms with van der Waals surface area (Å²) < 4.78 is 32.1. The molecule has 4 aliphatic carbocycles. The number of fused-ring (bicyclic) bond motifs is 5. The van der Waals surface area contributed by atoms with E-state index in [1.165, 1.54) is 57.8 Å². The first kappa shape index (κ1) is 32.5. The van der Waals surface area contributed by atoms with Crippen molar-refractivity contribution in [3.8, 4) is 11.8 Å². The molecular weight excluding hydrogens is 538 g/mol. The van der Waals surface area contributed by atoms with Gasteiger partial charge in [-0.1, -0.05) is 65.7 Å². The van der Waals surface area contributed by atoms with E-state index in [0.717, 1.165) is 61.7 Å². The highest BCUT2D eigenvalue weighted by Crippen LogP contribution is 2.68. The highest BCUT2D eigenvalue weighted by Gasteiger charge is 2.60. The molecule has 0 saturated heterocycles. The van der Waals surface area contributed by atoms with Gasteiger partial charge in [0.2, 0.25) is 0 Å². The van der Waals surface area contributed by atoms with E-state index in [1.807, 2.05) is 0 Å². The van der Waals surface area contributed by atoms with Gasteiger partial charge in [0.1, 0.15) is 6.10 Å². The van der Waals surface area contributed by atoms with Crippen molar-refractivity contribution in [3.05, 3.63) is 35.4 Å². The Morgan fingerprint density at radius 2 is 1.65 bits per heavy atom. The fourth-order valence-electron chi connectivity index (χ4n) is 10.6. The predicted molar refractivity (Wildman–Crippen MR) is 171 cm³/mol. The van der Waals surface area contributed by atoms with E-state index in [0.29, 0.717) is 27.9 Å². The smallest absolute Gasteiger partial charge is 0.338 e. The molecule has 0 unspecified atom stereocenters. The van der Waals surface area contributed by atoms with Gasteiger partial charge in [0.25, 0.3) is 5.92 Å². The number of carbonyl (C=O) groups is 1. The summed E-state index contributed by atoms with van der Waals surface area (Å²) in [6.45, 7) is 13.4. The molecule has 4 saturated carbocycles. The average molecular weight is 595 g/mol. The molecule has 0 spiro atoms. The van der Waals surface area contributed by atoms with Crippen molar-refractivity contribution in [3.63, 3.8) is 0 Å². The van der Waals surface area contributed by atoms with Crippen molar-refractivity contribution < 1.29 is 18.3 Å². The number of benzene rings is 1. The van der Waals surface area contributed by atoms with E-state index >= 15 is 0 Å². The summed E-state index contributed by atoms with van der Waals surface area (Å²) in [7, 11) is 0. The second kappa shape index (κ2) is 12.8. The molecule has 4 heteroatoms. The molecule has 0 heterocycles. The van der Waals surface area contributed by atoms with E-state index in [1.54, 1.807) is 24.3 Å². The van der Waals surface area contributed by atoms with E-state index in [-0.39, 0.29) is 12.1 Å². The molecule has 43 heavy (non-hydrogen) atoms. The molecule has 4 aliphatic rings. The van der Waals surface area contributed by atoms with Crippen LogP contribution in [0, 0.1) is 64.1 Å². The summed E-state index contributed by atoms with van der Waals surface area (Å²) in [6, 6.07) is 6.84. The van der Waals surface area contributed by atoms with Gasteiger partial charge < -0.3 is 4.74 Å². The van der Waals surface area contributed by atoms with Gasteiger partial charge in [-0.05, 0) is 134 Å². The largest absolute Gasteiger partial charge is 0.459 e. The van der Waals surface area contributed by atoms with Crippen molar-refractivity contribution >= 4 is 5.97 Å². The molecule has 9 atom stereocenters. The van der Waals surface area contributed by atoms with Crippen LogP contribution in [0.25, 0.3) is 0 Å². The highest BCUT2D eigenvalue weighted by atomic mass is 19.3. The number of esters is 1. The first-order valence-electron chi connectivity index (χ1n) is 17.5. The molecule has 1 aromatic rings. The zero-order valence-corrected chi connectivity index (χ0v) is 27.7. The summed E-state index contributed by atoms with van der Waals surface area (Å²) in [6.07, 6.45) is 15.0. The normalized spacial score (nSPS) is 36.1. The third-order valence-corrected chi connectivity index (χ3v) is 12.8. The number of ether oxygens (including phenoxy) is 1. The van der Waals surface area contributed by atoms with Crippen molar-refractivity contribution in [1.29, 1.82) is 0 Å². The van der Waals surface area contributed by atoms with Crippen LogP contribution in [0.5, 0.6) is 0 Å². The Hall–Kier alpha value is -1.89. The number of rotatable bonds is 8. The fourth-order valence-corrected chi connectivity index (χ4v) is 10.6. The second-order valence-corrected chi connectivity index (χ2v) is 16.1. The average Bonchev–Trinajstić information content (AvgIpc) is 3.30.